The van der Waals surface area contributed by atoms with Crippen LogP contribution >= 0.6 is 24.0 Å². The molecule has 0 saturated carbocycles. The van der Waals surface area contributed by atoms with Crippen LogP contribution in [0.1, 0.15) is 49.4 Å². The summed E-state index contributed by atoms with van der Waals surface area (Å²) in [4.78, 5) is 11.2. The van der Waals surface area contributed by atoms with Crippen molar-refractivity contribution in [2.75, 3.05) is 33.2 Å². The number of aliphatic imine (C=N–C) groups is 1. The molecular weight excluding hydrogens is 417 g/mol. The average molecular weight is 449 g/mol. The highest BCUT2D eigenvalue weighted by Gasteiger charge is 2.09. The topological polar surface area (TPSA) is 65.7 Å². The molecule has 0 spiro atoms. The Morgan fingerprint density at radius 2 is 1.88 bits per heavy atom. The summed E-state index contributed by atoms with van der Waals surface area (Å²) in [7, 11) is 1.79. The number of hydrogen-bond donors (Lipinski definition) is 2. The van der Waals surface area contributed by atoms with E-state index in [1.54, 1.807) is 7.05 Å². The van der Waals surface area contributed by atoms with Crippen molar-refractivity contribution in [1.82, 2.24) is 20.5 Å². The third kappa shape index (κ3) is 7.38. The number of nitrogens with zero attached hydrogens (tertiary/aromatic N) is 3. The van der Waals surface area contributed by atoms with Gasteiger partial charge in [-0.1, -0.05) is 12.8 Å². The average Bonchev–Trinajstić information content (AvgIpc) is 2.75. The van der Waals surface area contributed by atoms with E-state index >= 15 is 0 Å². The number of oxazole rings is 1. The van der Waals surface area contributed by atoms with Crippen LogP contribution in [0.15, 0.2) is 9.41 Å². The zero-order valence-electron chi connectivity index (χ0n) is 15.2. The van der Waals surface area contributed by atoms with Gasteiger partial charge in [0.1, 0.15) is 5.76 Å². The highest BCUT2D eigenvalue weighted by Crippen LogP contribution is 2.09. The number of likely N-dealkylation sites (tertiary alicyclic amines) is 1. The Hall–Kier alpha value is -0.830. The smallest absolute Gasteiger partial charge is 0.214 e. The van der Waals surface area contributed by atoms with E-state index in [1.807, 2.05) is 13.8 Å². The van der Waals surface area contributed by atoms with Crippen molar-refractivity contribution in [1.29, 1.82) is 0 Å². The van der Waals surface area contributed by atoms with Gasteiger partial charge in [-0.2, -0.15) is 0 Å². The molecule has 1 aliphatic rings. The van der Waals surface area contributed by atoms with Crippen LogP contribution < -0.4 is 10.6 Å². The Kier molecular flexibility index (Phi) is 10.3. The Morgan fingerprint density at radius 3 is 2.46 bits per heavy atom. The number of nitrogens with one attached hydrogen (secondary N) is 2. The molecule has 24 heavy (non-hydrogen) atoms. The van der Waals surface area contributed by atoms with E-state index in [-0.39, 0.29) is 24.0 Å². The van der Waals surface area contributed by atoms with E-state index in [4.69, 9.17) is 4.42 Å². The van der Waals surface area contributed by atoms with E-state index in [0.29, 0.717) is 12.4 Å². The van der Waals surface area contributed by atoms with E-state index < -0.39 is 0 Å². The zero-order chi connectivity index (χ0) is 16.5. The fourth-order valence-electron chi connectivity index (χ4n) is 2.86. The molecule has 1 saturated heterocycles. The maximum absolute atomic E-state index is 5.56. The first kappa shape index (κ1) is 21.2. The summed E-state index contributed by atoms with van der Waals surface area (Å²) in [6.07, 6.45) is 6.63. The lowest BCUT2D eigenvalue weighted by Gasteiger charge is -2.20. The molecule has 0 unspecified atom stereocenters. The maximum atomic E-state index is 5.56. The standard InChI is InChI=1S/C17H31N5O.HI/c1-14-15(2)23-16(21-14)13-20-17(18-3)19-9-8-12-22-10-6-4-5-7-11-22;/h4-13H2,1-3H3,(H2,18,19,20);1H. The minimum Gasteiger partial charge on any atom is -0.444 e. The first-order valence-electron chi connectivity index (χ1n) is 8.79. The van der Waals surface area contributed by atoms with Gasteiger partial charge in [-0.05, 0) is 52.7 Å². The molecule has 0 aliphatic carbocycles. The fraction of sp³-hybridized carbons (Fsp3) is 0.765. The molecule has 2 N–H and O–H groups in total. The van der Waals surface area contributed by atoms with Gasteiger partial charge in [0.25, 0.3) is 0 Å². The molecule has 2 rings (SSSR count). The summed E-state index contributed by atoms with van der Waals surface area (Å²) in [5.74, 6) is 2.38. The number of aromatic nitrogens is 1. The van der Waals surface area contributed by atoms with Gasteiger partial charge in [0, 0.05) is 13.6 Å². The second-order valence-corrected chi connectivity index (χ2v) is 6.21. The van der Waals surface area contributed by atoms with Crippen LogP contribution in [0.25, 0.3) is 0 Å². The van der Waals surface area contributed by atoms with Crippen LogP contribution in [-0.2, 0) is 6.54 Å². The Bertz CT molecular complexity index is 476. The van der Waals surface area contributed by atoms with Gasteiger partial charge in [-0.15, -0.1) is 24.0 Å². The Balaban J connectivity index is 0.00000288. The predicted molar refractivity (Wildman–Crippen MR) is 109 cm³/mol. The summed E-state index contributed by atoms with van der Waals surface area (Å²) in [6, 6.07) is 0. The molecule has 1 fully saturated rings. The molecule has 0 atom stereocenters. The van der Waals surface area contributed by atoms with E-state index in [2.05, 4.69) is 25.5 Å². The third-order valence-corrected chi connectivity index (χ3v) is 4.35. The van der Waals surface area contributed by atoms with Crippen molar-refractivity contribution in [3.8, 4) is 0 Å². The monoisotopic (exact) mass is 449 g/mol. The normalized spacial score (nSPS) is 16.4. The van der Waals surface area contributed by atoms with Gasteiger partial charge in [0.15, 0.2) is 5.96 Å². The molecule has 7 heteroatoms. The van der Waals surface area contributed by atoms with Gasteiger partial charge in [0.05, 0.1) is 12.2 Å². The summed E-state index contributed by atoms with van der Waals surface area (Å²) >= 11 is 0. The zero-order valence-corrected chi connectivity index (χ0v) is 17.6. The molecule has 1 aliphatic heterocycles. The van der Waals surface area contributed by atoms with Crippen LogP contribution in [0.2, 0.25) is 0 Å². The second-order valence-electron chi connectivity index (χ2n) is 6.21. The number of aryl methyl sites for hydroxylation is 2. The Morgan fingerprint density at radius 1 is 1.17 bits per heavy atom. The van der Waals surface area contributed by atoms with Gasteiger partial charge in [0.2, 0.25) is 5.89 Å². The Labute approximate surface area is 162 Å². The van der Waals surface area contributed by atoms with Gasteiger partial charge >= 0.3 is 0 Å². The highest BCUT2D eigenvalue weighted by molar-refractivity contribution is 14.0. The first-order valence-corrected chi connectivity index (χ1v) is 8.79. The SMILES string of the molecule is CN=C(NCCCN1CCCCCC1)NCc1nc(C)c(C)o1.I. The predicted octanol–water partition coefficient (Wildman–Crippen LogP) is 2.84. The molecule has 1 aromatic heterocycles. The minimum absolute atomic E-state index is 0. The van der Waals surface area contributed by atoms with Gasteiger partial charge < -0.3 is 20.0 Å². The van der Waals surface area contributed by atoms with Crippen LogP contribution in [0, 0.1) is 13.8 Å². The van der Waals surface area contributed by atoms with Crippen molar-refractivity contribution in [2.24, 2.45) is 4.99 Å². The first-order chi connectivity index (χ1) is 11.2. The summed E-state index contributed by atoms with van der Waals surface area (Å²) in [5.41, 5.74) is 0.946. The van der Waals surface area contributed by atoms with Crippen molar-refractivity contribution >= 4 is 29.9 Å². The molecule has 0 amide bonds. The van der Waals surface area contributed by atoms with Crippen LogP contribution in [0.3, 0.4) is 0 Å². The summed E-state index contributed by atoms with van der Waals surface area (Å²) < 4.78 is 5.56. The molecule has 6 nitrogen and oxygen atoms in total. The lowest BCUT2D eigenvalue weighted by molar-refractivity contribution is 0.282. The number of guanidine groups is 1. The largest absolute Gasteiger partial charge is 0.444 e. The van der Waals surface area contributed by atoms with Crippen molar-refractivity contribution in [3.05, 3.63) is 17.3 Å². The molecule has 0 radical (unpaired) electrons. The fourth-order valence-corrected chi connectivity index (χ4v) is 2.86. The molecule has 138 valence electrons. The molecule has 0 aromatic carbocycles. The van der Waals surface area contributed by atoms with Crippen LogP contribution in [0.4, 0.5) is 0 Å². The molecule has 1 aromatic rings. The van der Waals surface area contributed by atoms with E-state index in [9.17, 15) is 0 Å². The van der Waals surface area contributed by atoms with Crippen molar-refractivity contribution in [2.45, 2.75) is 52.5 Å². The summed E-state index contributed by atoms with van der Waals surface area (Å²) in [5, 5.41) is 6.60. The molecular formula is C17H32IN5O. The van der Waals surface area contributed by atoms with Gasteiger partial charge in [-0.25, -0.2) is 4.98 Å². The van der Waals surface area contributed by atoms with Crippen LogP contribution in [-0.4, -0.2) is 49.1 Å². The maximum Gasteiger partial charge on any atom is 0.214 e. The number of halogens is 1. The minimum atomic E-state index is 0. The van der Waals surface area contributed by atoms with Crippen molar-refractivity contribution in [3.63, 3.8) is 0 Å². The lowest BCUT2D eigenvalue weighted by Crippen LogP contribution is -2.38. The highest BCUT2D eigenvalue weighted by atomic mass is 127. The van der Waals surface area contributed by atoms with Crippen LogP contribution in [0.5, 0.6) is 0 Å². The third-order valence-electron chi connectivity index (χ3n) is 4.35. The number of rotatable bonds is 6. The molecule has 0 bridgehead atoms. The summed E-state index contributed by atoms with van der Waals surface area (Å²) in [6.45, 7) is 9.06. The van der Waals surface area contributed by atoms with Crippen molar-refractivity contribution < 1.29 is 4.42 Å². The number of hydrogen-bond acceptors (Lipinski definition) is 4. The lowest BCUT2D eigenvalue weighted by atomic mass is 10.2. The second kappa shape index (κ2) is 11.7. The van der Waals surface area contributed by atoms with Gasteiger partial charge in [-0.3, -0.25) is 4.99 Å². The quantitative estimate of drug-likeness (QED) is 0.303. The van der Waals surface area contributed by atoms with E-state index in [1.165, 1.54) is 45.3 Å². The molecule has 2 heterocycles. The van der Waals surface area contributed by atoms with E-state index in [0.717, 1.165) is 30.4 Å².